The predicted octanol–water partition coefficient (Wildman–Crippen LogP) is 1.13. The van der Waals surface area contributed by atoms with Crippen molar-refractivity contribution >= 4 is 28.5 Å². The second-order valence-corrected chi connectivity index (χ2v) is 4.66. The van der Waals surface area contributed by atoms with Crippen molar-refractivity contribution < 1.29 is 19.4 Å². The third-order valence-corrected chi connectivity index (χ3v) is 3.33. The first-order valence-corrected chi connectivity index (χ1v) is 6.26. The highest BCUT2D eigenvalue weighted by Crippen LogP contribution is 2.24. The Bertz CT molecular complexity index is 666. The van der Waals surface area contributed by atoms with Crippen molar-refractivity contribution in [3.8, 4) is 0 Å². The molecule has 3 N–H and O–H groups in total. The van der Waals surface area contributed by atoms with Crippen LogP contribution < -0.4 is 5.32 Å². The van der Waals surface area contributed by atoms with Gasteiger partial charge in [-0.05, 0) is 25.0 Å². The monoisotopic (exact) mass is 275 g/mol. The molecule has 0 bridgehead atoms. The maximum Gasteiger partial charge on any atom is 0.332 e. The minimum atomic E-state index is -1.03. The van der Waals surface area contributed by atoms with Gasteiger partial charge in [-0.25, -0.2) is 4.79 Å². The Labute approximate surface area is 113 Å². The number of benzene rings is 1. The van der Waals surface area contributed by atoms with E-state index in [4.69, 9.17) is 9.84 Å². The van der Waals surface area contributed by atoms with Crippen LogP contribution in [0.2, 0.25) is 0 Å². The summed E-state index contributed by atoms with van der Waals surface area (Å²) in [5.41, 5.74) is 1.45. The van der Waals surface area contributed by atoms with Gasteiger partial charge in [-0.3, -0.25) is 9.89 Å². The Kier molecular flexibility index (Phi) is 3.11. The first kappa shape index (κ1) is 12.6. The van der Waals surface area contributed by atoms with Gasteiger partial charge in [0.15, 0.2) is 6.10 Å². The van der Waals surface area contributed by atoms with E-state index in [1.54, 1.807) is 18.3 Å². The highest BCUT2D eigenvalue weighted by Gasteiger charge is 2.34. The smallest absolute Gasteiger partial charge is 0.332 e. The van der Waals surface area contributed by atoms with E-state index in [1.165, 1.54) is 0 Å². The van der Waals surface area contributed by atoms with Crippen molar-refractivity contribution in [2.75, 3.05) is 5.32 Å². The molecule has 2 aromatic rings. The molecule has 2 atom stereocenters. The Morgan fingerprint density at radius 3 is 2.90 bits per heavy atom. The van der Waals surface area contributed by atoms with Crippen molar-refractivity contribution in [3.63, 3.8) is 0 Å². The molecule has 3 rings (SSSR count). The second kappa shape index (κ2) is 4.93. The predicted molar refractivity (Wildman–Crippen MR) is 70.3 cm³/mol. The summed E-state index contributed by atoms with van der Waals surface area (Å²) in [5, 5.41) is 19.1. The fraction of sp³-hybridized carbons (Fsp3) is 0.308. The number of ether oxygens (including phenoxy) is 1. The van der Waals surface area contributed by atoms with E-state index in [0.717, 1.165) is 10.9 Å². The number of aromatic nitrogens is 2. The third-order valence-electron chi connectivity index (χ3n) is 3.33. The molecule has 0 radical (unpaired) electrons. The number of carbonyl (C=O) groups is 2. The molecule has 20 heavy (non-hydrogen) atoms. The van der Waals surface area contributed by atoms with E-state index in [-0.39, 0.29) is 5.91 Å². The van der Waals surface area contributed by atoms with Gasteiger partial charge in [0.1, 0.15) is 6.10 Å². The zero-order valence-corrected chi connectivity index (χ0v) is 10.5. The lowest BCUT2D eigenvalue weighted by atomic mass is 10.1. The Hall–Kier alpha value is -2.41. The molecule has 1 aromatic carbocycles. The molecule has 2 heterocycles. The summed E-state index contributed by atoms with van der Waals surface area (Å²) in [6.07, 6.45) is 0.766. The van der Waals surface area contributed by atoms with Gasteiger partial charge in [0.05, 0.1) is 17.4 Å². The average Bonchev–Trinajstić information content (AvgIpc) is 3.08. The van der Waals surface area contributed by atoms with Gasteiger partial charge in [0.25, 0.3) is 5.91 Å². The molecule has 1 amide bonds. The van der Waals surface area contributed by atoms with E-state index in [0.29, 0.717) is 18.5 Å². The lowest BCUT2D eigenvalue weighted by molar-refractivity contribution is -0.150. The van der Waals surface area contributed by atoms with Crippen LogP contribution in [0.1, 0.15) is 12.8 Å². The van der Waals surface area contributed by atoms with Crippen LogP contribution in [0.5, 0.6) is 0 Å². The summed E-state index contributed by atoms with van der Waals surface area (Å²) in [6.45, 7) is 0. The van der Waals surface area contributed by atoms with Gasteiger partial charge in [0.2, 0.25) is 0 Å². The molecule has 2 unspecified atom stereocenters. The fourth-order valence-electron chi connectivity index (χ4n) is 2.30. The molecule has 0 saturated carbocycles. The number of carboxylic acid groups (broad SMARTS) is 1. The van der Waals surface area contributed by atoms with E-state index in [2.05, 4.69) is 15.5 Å². The number of nitrogens with zero attached hydrogens (tertiary/aromatic N) is 1. The average molecular weight is 275 g/mol. The number of rotatable bonds is 3. The lowest BCUT2D eigenvalue weighted by Crippen LogP contribution is -2.29. The molecule has 104 valence electrons. The highest BCUT2D eigenvalue weighted by molar-refractivity contribution is 6.02. The molecule has 0 aliphatic carbocycles. The molecule has 1 saturated heterocycles. The van der Waals surface area contributed by atoms with Crippen LogP contribution in [-0.2, 0) is 14.3 Å². The number of hydrogen-bond donors (Lipinski definition) is 3. The molecular weight excluding hydrogens is 262 g/mol. The molecule has 1 aliphatic rings. The lowest BCUT2D eigenvalue weighted by Gasteiger charge is -2.12. The van der Waals surface area contributed by atoms with Gasteiger partial charge in [0, 0.05) is 5.39 Å². The Balaban J connectivity index is 1.73. The van der Waals surface area contributed by atoms with Crippen LogP contribution >= 0.6 is 0 Å². The molecule has 7 heteroatoms. The highest BCUT2D eigenvalue weighted by atomic mass is 16.5. The molecule has 1 fully saturated rings. The van der Waals surface area contributed by atoms with Crippen molar-refractivity contribution in [1.82, 2.24) is 10.2 Å². The van der Waals surface area contributed by atoms with Gasteiger partial charge in [-0.1, -0.05) is 6.07 Å². The summed E-state index contributed by atoms with van der Waals surface area (Å²) in [6, 6.07) is 5.41. The van der Waals surface area contributed by atoms with Gasteiger partial charge >= 0.3 is 5.97 Å². The normalized spacial score (nSPS) is 22.0. The first-order chi connectivity index (χ1) is 9.65. The maximum atomic E-state index is 12.1. The number of carboxylic acids is 1. The number of aromatic amines is 1. The Morgan fingerprint density at radius 2 is 2.15 bits per heavy atom. The van der Waals surface area contributed by atoms with Crippen LogP contribution in [0.15, 0.2) is 24.4 Å². The zero-order chi connectivity index (χ0) is 14.1. The van der Waals surface area contributed by atoms with Crippen molar-refractivity contribution in [2.24, 2.45) is 0 Å². The second-order valence-electron chi connectivity index (χ2n) is 4.66. The molecular formula is C13H13N3O4. The number of fused-ring (bicyclic) bond motifs is 1. The summed E-state index contributed by atoms with van der Waals surface area (Å²) in [4.78, 5) is 22.9. The van der Waals surface area contributed by atoms with Crippen LogP contribution in [0.25, 0.3) is 10.9 Å². The maximum absolute atomic E-state index is 12.1. The third kappa shape index (κ3) is 2.23. The first-order valence-electron chi connectivity index (χ1n) is 6.26. The number of nitrogens with one attached hydrogen (secondary N) is 2. The van der Waals surface area contributed by atoms with Crippen LogP contribution in [-0.4, -0.2) is 39.4 Å². The summed E-state index contributed by atoms with van der Waals surface area (Å²) < 4.78 is 5.22. The van der Waals surface area contributed by atoms with E-state index in [9.17, 15) is 9.59 Å². The van der Waals surface area contributed by atoms with E-state index >= 15 is 0 Å². The number of hydrogen-bond acceptors (Lipinski definition) is 4. The van der Waals surface area contributed by atoms with E-state index < -0.39 is 18.2 Å². The summed E-state index contributed by atoms with van der Waals surface area (Å²) >= 11 is 0. The molecule has 1 aromatic heterocycles. The van der Waals surface area contributed by atoms with Crippen LogP contribution in [0.4, 0.5) is 5.69 Å². The number of aliphatic carboxylic acids is 1. The summed E-state index contributed by atoms with van der Waals surface area (Å²) in [7, 11) is 0. The zero-order valence-electron chi connectivity index (χ0n) is 10.5. The summed E-state index contributed by atoms with van der Waals surface area (Å²) in [5.74, 6) is -1.36. The molecule has 1 aliphatic heterocycles. The number of H-pyrrole nitrogens is 1. The standard InChI is InChI=1S/C13H13N3O4/c17-12(10-4-5-11(20-10)13(18)19)15-8-2-1-3-9-7(8)6-14-16-9/h1-3,6,10-11H,4-5H2,(H,14,16)(H,15,17)(H,18,19). The quantitative estimate of drug-likeness (QED) is 0.779. The fourth-order valence-corrected chi connectivity index (χ4v) is 2.30. The largest absolute Gasteiger partial charge is 0.479 e. The van der Waals surface area contributed by atoms with Crippen molar-refractivity contribution in [1.29, 1.82) is 0 Å². The van der Waals surface area contributed by atoms with Crippen molar-refractivity contribution in [3.05, 3.63) is 24.4 Å². The molecule has 0 spiro atoms. The molecule has 7 nitrogen and oxygen atoms in total. The Morgan fingerprint density at radius 1 is 1.35 bits per heavy atom. The minimum absolute atomic E-state index is 0.331. The SMILES string of the molecule is O=C(O)C1CCC(C(=O)Nc2cccc3[nH]ncc23)O1. The number of carbonyl (C=O) groups excluding carboxylic acids is 1. The minimum Gasteiger partial charge on any atom is -0.479 e. The van der Waals surface area contributed by atoms with Crippen molar-refractivity contribution in [2.45, 2.75) is 25.0 Å². The van der Waals surface area contributed by atoms with Crippen LogP contribution in [0, 0.1) is 0 Å². The van der Waals surface area contributed by atoms with Crippen LogP contribution in [0.3, 0.4) is 0 Å². The van der Waals surface area contributed by atoms with E-state index in [1.807, 2.05) is 6.07 Å². The number of anilines is 1. The van der Waals surface area contributed by atoms with Gasteiger partial charge < -0.3 is 15.2 Å². The van der Waals surface area contributed by atoms with Gasteiger partial charge in [-0.2, -0.15) is 5.10 Å². The van der Waals surface area contributed by atoms with Gasteiger partial charge in [-0.15, -0.1) is 0 Å². The topological polar surface area (TPSA) is 104 Å². The number of amides is 1.